The molecule has 0 aromatic carbocycles. The number of hydrogen-bond donors (Lipinski definition) is 1. The van der Waals surface area contributed by atoms with Gasteiger partial charge in [0.05, 0.1) is 0 Å². The average Bonchev–Trinajstić information content (AvgIpc) is 1.77. The molecule has 1 aliphatic rings. The van der Waals surface area contributed by atoms with Crippen LogP contribution in [0, 0.1) is 0 Å². The Labute approximate surface area is 56.6 Å². The van der Waals surface area contributed by atoms with Gasteiger partial charge in [-0.05, 0) is 19.8 Å². The van der Waals surface area contributed by atoms with Gasteiger partial charge in [0, 0.05) is 12.6 Å². The molecule has 0 N–H and O–H groups in total. The molecule has 0 spiro atoms. The third kappa shape index (κ3) is 1.39. The molecule has 0 aliphatic carbocycles. The molecular weight excluding hydrogens is 118 g/mol. The van der Waals surface area contributed by atoms with Gasteiger partial charge in [-0.1, -0.05) is 19.2 Å². The minimum atomic E-state index is 0.701. The Hall–Kier alpha value is 0.310. The fraction of sp³-hybridized carbons (Fsp3) is 1.00. The first-order valence-corrected chi connectivity index (χ1v) is 3.66. The lowest BCUT2D eigenvalue weighted by Gasteiger charge is -2.27. The van der Waals surface area contributed by atoms with Gasteiger partial charge in [0.15, 0.2) is 0 Å². The lowest BCUT2D eigenvalue weighted by Crippen LogP contribution is -2.29. The Morgan fingerprint density at radius 2 is 2.25 bits per heavy atom. The lowest BCUT2D eigenvalue weighted by molar-refractivity contribution is 0.296. The second-order valence-electron chi connectivity index (χ2n) is 2.51. The topological polar surface area (TPSA) is 3.24 Å². The first kappa shape index (κ1) is 6.43. The molecule has 0 amide bonds. The Bertz CT molecular complexity index is 64.9. The quantitative estimate of drug-likeness (QED) is 0.490. The molecule has 48 valence electrons. The van der Waals surface area contributed by atoms with Crippen LogP contribution in [0.5, 0.6) is 0 Å². The highest BCUT2D eigenvalue weighted by atomic mass is 32.1. The lowest BCUT2D eigenvalue weighted by atomic mass is 10.1. The Kier molecular flexibility index (Phi) is 2.20. The maximum absolute atomic E-state index is 4.29. The average molecular weight is 131 g/mol. The van der Waals surface area contributed by atoms with Gasteiger partial charge in [0.2, 0.25) is 0 Å². The Morgan fingerprint density at radius 3 is 2.62 bits per heavy atom. The highest BCUT2D eigenvalue weighted by Gasteiger charge is 2.13. The molecule has 0 aromatic rings. The molecule has 0 bridgehead atoms. The highest BCUT2D eigenvalue weighted by Crippen LogP contribution is 2.16. The van der Waals surface area contributed by atoms with Crippen LogP contribution in [0.1, 0.15) is 26.2 Å². The Morgan fingerprint density at radius 1 is 1.50 bits per heavy atom. The van der Waals surface area contributed by atoms with Gasteiger partial charge in [0.1, 0.15) is 0 Å². The molecule has 0 radical (unpaired) electrons. The zero-order chi connectivity index (χ0) is 5.98. The molecule has 2 heteroatoms. The van der Waals surface area contributed by atoms with E-state index in [-0.39, 0.29) is 0 Å². The van der Waals surface area contributed by atoms with Crippen LogP contribution in [0.4, 0.5) is 0 Å². The number of rotatable bonds is 0. The summed E-state index contributed by atoms with van der Waals surface area (Å²) in [5, 5.41) is 0. The largest absolute Gasteiger partial charge is 0.250 e. The van der Waals surface area contributed by atoms with E-state index in [0.717, 1.165) is 0 Å². The zero-order valence-corrected chi connectivity index (χ0v) is 6.19. The van der Waals surface area contributed by atoms with Gasteiger partial charge in [0.25, 0.3) is 0 Å². The number of nitrogens with zero attached hydrogens (tertiary/aromatic N) is 1. The van der Waals surface area contributed by atoms with Crippen LogP contribution < -0.4 is 0 Å². The maximum atomic E-state index is 4.29. The molecule has 1 saturated heterocycles. The maximum Gasteiger partial charge on any atom is 0.0171 e. The van der Waals surface area contributed by atoms with Gasteiger partial charge in [-0.2, -0.15) is 0 Å². The fourth-order valence-corrected chi connectivity index (χ4v) is 1.34. The molecule has 1 fully saturated rings. The van der Waals surface area contributed by atoms with E-state index in [0.29, 0.717) is 6.04 Å². The van der Waals surface area contributed by atoms with Gasteiger partial charge in [-0.15, -0.1) is 0 Å². The minimum absolute atomic E-state index is 0.701. The summed E-state index contributed by atoms with van der Waals surface area (Å²) in [5.74, 6) is 0. The minimum Gasteiger partial charge on any atom is -0.250 e. The molecule has 0 unspecified atom stereocenters. The van der Waals surface area contributed by atoms with Crippen molar-refractivity contribution in [2.75, 3.05) is 6.54 Å². The van der Waals surface area contributed by atoms with Crippen LogP contribution >= 0.6 is 12.8 Å². The summed E-state index contributed by atoms with van der Waals surface area (Å²) in [6.07, 6.45) is 4.04. The standard InChI is InChI=1S/C6H13NS/c1-6-4-2-3-5-7(6)8/h6,8H,2-5H2,1H3/t6-/m0/s1. The highest BCUT2D eigenvalue weighted by molar-refractivity contribution is 7.77. The monoisotopic (exact) mass is 131 g/mol. The summed E-state index contributed by atoms with van der Waals surface area (Å²) in [7, 11) is 0. The fourth-order valence-electron chi connectivity index (χ4n) is 1.08. The van der Waals surface area contributed by atoms with Crippen molar-refractivity contribution in [2.24, 2.45) is 0 Å². The van der Waals surface area contributed by atoms with Gasteiger partial charge < -0.3 is 0 Å². The molecule has 0 saturated carbocycles. The number of piperidine rings is 1. The Balaban J connectivity index is 2.28. The predicted octanol–water partition coefficient (Wildman–Crippen LogP) is 1.71. The van der Waals surface area contributed by atoms with Crippen molar-refractivity contribution < 1.29 is 0 Å². The van der Waals surface area contributed by atoms with Crippen molar-refractivity contribution in [3.05, 3.63) is 0 Å². The van der Waals surface area contributed by atoms with Crippen LogP contribution in [0.15, 0.2) is 0 Å². The van der Waals surface area contributed by atoms with E-state index in [1.807, 2.05) is 0 Å². The summed E-state index contributed by atoms with van der Waals surface area (Å²) in [4.78, 5) is 0. The van der Waals surface area contributed by atoms with Crippen LogP contribution in [-0.4, -0.2) is 16.9 Å². The van der Waals surface area contributed by atoms with Gasteiger partial charge in [-0.25, -0.2) is 0 Å². The molecule has 1 nitrogen and oxygen atoms in total. The second-order valence-corrected chi connectivity index (χ2v) is 3.02. The predicted molar refractivity (Wildman–Crippen MR) is 39.0 cm³/mol. The summed E-state index contributed by atoms with van der Waals surface area (Å²) >= 11 is 4.29. The van der Waals surface area contributed by atoms with Crippen LogP contribution in [0.2, 0.25) is 0 Å². The van der Waals surface area contributed by atoms with E-state index in [1.165, 1.54) is 25.8 Å². The van der Waals surface area contributed by atoms with Crippen molar-refractivity contribution in [3.8, 4) is 0 Å². The van der Waals surface area contributed by atoms with Crippen molar-refractivity contribution in [2.45, 2.75) is 32.2 Å². The molecule has 1 heterocycles. The summed E-state index contributed by atoms with van der Waals surface area (Å²) < 4.78 is 2.13. The van der Waals surface area contributed by atoms with Crippen molar-refractivity contribution >= 4 is 12.8 Å². The van der Waals surface area contributed by atoms with Gasteiger partial charge >= 0.3 is 0 Å². The van der Waals surface area contributed by atoms with E-state index < -0.39 is 0 Å². The molecule has 1 rings (SSSR count). The van der Waals surface area contributed by atoms with E-state index in [1.54, 1.807) is 0 Å². The third-order valence-corrected chi connectivity index (χ3v) is 2.36. The first-order valence-electron chi connectivity index (χ1n) is 3.26. The molecule has 0 aromatic heterocycles. The number of thiol groups is 1. The van der Waals surface area contributed by atoms with Gasteiger partial charge in [-0.3, -0.25) is 4.31 Å². The molecule has 1 atom stereocenters. The van der Waals surface area contributed by atoms with Crippen LogP contribution in [0.3, 0.4) is 0 Å². The SMILES string of the molecule is C[C@H]1CCCCN1S. The third-order valence-electron chi connectivity index (χ3n) is 1.77. The van der Waals surface area contributed by atoms with Crippen molar-refractivity contribution in [1.82, 2.24) is 4.31 Å². The van der Waals surface area contributed by atoms with Crippen molar-refractivity contribution in [3.63, 3.8) is 0 Å². The summed E-state index contributed by atoms with van der Waals surface area (Å²) in [5.41, 5.74) is 0. The van der Waals surface area contributed by atoms with Crippen LogP contribution in [-0.2, 0) is 0 Å². The first-order chi connectivity index (χ1) is 3.80. The molecule has 1 aliphatic heterocycles. The number of hydrogen-bond acceptors (Lipinski definition) is 2. The van der Waals surface area contributed by atoms with E-state index >= 15 is 0 Å². The smallest absolute Gasteiger partial charge is 0.0171 e. The van der Waals surface area contributed by atoms with E-state index in [2.05, 4.69) is 24.0 Å². The summed E-state index contributed by atoms with van der Waals surface area (Å²) in [6.45, 7) is 3.40. The molecular formula is C6H13NS. The zero-order valence-electron chi connectivity index (χ0n) is 5.30. The molecule has 8 heavy (non-hydrogen) atoms. The van der Waals surface area contributed by atoms with Crippen LogP contribution in [0.25, 0.3) is 0 Å². The van der Waals surface area contributed by atoms with E-state index in [4.69, 9.17) is 0 Å². The second kappa shape index (κ2) is 2.74. The summed E-state index contributed by atoms with van der Waals surface area (Å²) in [6, 6.07) is 0.701. The van der Waals surface area contributed by atoms with E-state index in [9.17, 15) is 0 Å². The normalized spacial score (nSPS) is 33.0. The van der Waals surface area contributed by atoms with Crippen molar-refractivity contribution in [1.29, 1.82) is 0 Å².